The van der Waals surface area contributed by atoms with Gasteiger partial charge >= 0.3 is 0 Å². The number of fused-ring (bicyclic) bond motifs is 1. The van der Waals surface area contributed by atoms with Crippen LogP contribution in [0.2, 0.25) is 0 Å². The molecule has 31 heavy (non-hydrogen) atoms. The summed E-state index contributed by atoms with van der Waals surface area (Å²) >= 11 is 0. The first kappa shape index (κ1) is 20.8. The lowest BCUT2D eigenvalue weighted by atomic mass is 10.0. The number of imidazole rings is 1. The van der Waals surface area contributed by atoms with Crippen molar-refractivity contribution in [3.8, 4) is 22.5 Å². The topological polar surface area (TPSA) is 61.0 Å². The zero-order chi connectivity index (χ0) is 22.0. The van der Waals surface area contributed by atoms with Crippen LogP contribution in [0.3, 0.4) is 0 Å². The summed E-state index contributed by atoms with van der Waals surface area (Å²) in [6, 6.07) is 22.4. The monoisotopic (exact) mass is 412 g/mol. The molecule has 2 N–H and O–H groups in total. The van der Waals surface area contributed by atoms with Crippen LogP contribution < -0.4 is 5.32 Å². The van der Waals surface area contributed by atoms with Crippen LogP contribution in [0, 0.1) is 12.8 Å². The first-order valence-electron chi connectivity index (χ1n) is 10.5. The molecule has 0 radical (unpaired) electrons. The van der Waals surface area contributed by atoms with Gasteiger partial charge in [0.05, 0.1) is 11.0 Å². The highest BCUT2D eigenvalue weighted by Gasteiger charge is 2.14. The lowest BCUT2D eigenvalue weighted by Gasteiger charge is -2.17. The molecular weight excluding hydrogens is 384 g/mol. The number of carbonyl (C=O) groups is 1. The fraction of sp³-hybridized carbons (Fsp3) is 0.231. The van der Waals surface area contributed by atoms with Crippen molar-refractivity contribution in [2.45, 2.75) is 13.8 Å². The molecule has 0 saturated heterocycles. The first-order chi connectivity index (χ1) is 14.9. The predicted molar refractivity (Wildman–Crippen MR) is 128 cm³/mol. The van der Waals surface area contributed by atoms with Gasteiger partial charge in [-0.25, -0.2) is 4.98 Å². The van der Waals surface area contributed by atoms with Crippen LogP contribution in [0.5, 0.6) is 0 Å². The Morgan fingerprint density at radius 1 is 1.00 bits per heavy atom. The van der Waals surface area contributed by atoms with Crippen LogP contribution in [0.1, 0.15) is 12.5 Å². The van der Waals surface area contributed by atoms with Crippen molar-refractivity contribution in [3.63, 3.8) is 0 Å². The first-order valence-corrected chi connectivity index (χ1v) is 10.5. The summed E-state index contributed by atoms with van der Waals surface area (Å²) in [7, 11) is 3.95. The number of hydrogen-bond acceptors (Lipinski definition) is 3. The molecule has 4 rings (SSSR count). The Hall–Kier alpha value is -3.44. The summed E-state index contributed by atoms with van der Waals surface area (Å²) in [5.74, 6) is 0.818. The Bertz CT molecular complexity index is 1210. The van der Waals surface area contributed by atoms with E-state index in [0.29, 0.717) is 6.54 Å². The van der Waals surface area contributed by atoms with Crippen molar-refractivity contribution < 1.29 is 4.79 Å². The third-order valence-electron chi connectivity index (χ3n) is 5.42. The normalized spacial score (nSPS) is 12.3. The van der Waals surface area contributed by atoms with Crippen molar-refractivity contribution in [2.75, 3.05) is 26.0 Å². The second-order valence-electron chi connectivity index (χ2n) is 8.37. The number of amides is 1. The van der Waals surface area contributed by atoms with Crippen LogP contribution in [0.25, 0.3) is 33.5 Å². The van der Waals surface area contributed by atoms with Gasteiger partial charge in [-0.2, -0.15) is 0 Å². The van der Waals surface area contributed by atoms with Gasteiger partial charge < -0.3 is 15.2 Å². The van der Waals surface area contributed by atoms with Gasteiger partial charge in [0, 0.05) is 23.7 Å². The Morgan fingerprint density at radius 3 is 2.42 bits per heavy atom. The minimum absolute atomic E-state index is 0.0291. The number of rotatable bonds is 6. The van der Waals surface area contributed by atoms with E-state index in [0.717, 1.165) is 44.8 Å². The molecule has 5 nitrogen and oxygen atoms in total. The lowest BCUT2D eigenvalue weighted by Crippen LogP contribution is -2.29. The van der Waals surface area contributed by atoms with Crippen LogP contribution in [-0.4, -0.2) is 41.4 Å². The molecule has 158 valence electrons. The third-order valence-corrected chi connectivity index (χ3v) is 5.42. The molecular formula is C26H28N4O. The van der Waals surface area contributed by atoms with E-state index in [2.05, 4.69) is 53.6 Å². The van der Waals surface area contributed by atoms with Crippen molar-refractivity contribution in [1.29, 1.82) is 0 Å². The molecule has 1 amide bonds. The predicted octanol–water partition coefficient (Wildman–Crippen LogP) is 5.34. The van der Waals surface area contributed by atoms with Crippen molar-refractivity contribution in [2.24, 2.45) is 5.92 Å². The SMILES string of the molecule is Cc1cccc2[nH]c(-c3ccc(-c4cccc(NC(=O)C(C)CN(C)C)c4)cc3)nc12. The largest absolute Gasteiger partial charge is 0.338 e. The van der Waals surface area contributed by atoms with Crippen molar-refractivity contribution in [3.05, 3.63) is 72.3 Å². The van der Waals surface area contributed by atoms with Gasteiger partial charge in [-0.05, 0) is 55.9 Å². The fourth-order valence-electron chi connectivity index (χ4n) is 3.81. The molecule has 3 aromatic carbocycles. The third kappa shape index (κ3) is 4.67. The highest BCUT2D eigenvalue weighted by molar-refractivity contribution is 5.93. The van der Waals surface area contributed by atoms with E-state index in [1.54, 1.807) is 0 Å². The molecule has 0 aliphatic heterocycles. The average molecular weight is 413 g/mol. The minimum Gasteiger partial charge on any atom is -0.338 e. The van der Waals surface area contributed by atoms with E-state index in [9.17, 15) is 4.79 Å². The molecule has 0 fully saturated rings. The quantitative estimate of drug-likeness (QED) is 0.449. The van der Waals surface area contributed by atoms with Gasteiger partial charge in [-0.3, -0.25) is 4.79 Å². The standard InChI is InChI=1S/C26H28N4O/c1-17-7-5-10-23-24(17)29-25(28-23)20-13-11-19(12-14-20)21-8-6-9-22(15-21)27-26(31)18(2)16-30(3)4/h5-15,18H,16H2,1-4H3,(H,27,31)(H,28,29). The summed E-state index contributed by atoms with van der Waals surface area (Å²) < 4.78 is 0. The maximum Gasteiger partial charge on any atom is 0.228 e. The number of nitrogens with one attached hydrogen (secondary N) is 2. The summed E-state index contributed by atoms with van der Waals surface area (Å²) in [6.07, 6.45) is 0. The number of aryl methyl sites for hydroxylation is 1. The molecule has 5 heteroatoms. The summed E-state index contributed by atoms with van der Waals surface area (Å²) in [5, 5.41) is 3.03. The number of para-hydroxylation sites is 1. The van der Waals surface area contributed by atoms with Crippen LogP contribution >= 0.6 is 0 Å². The Morgan fingerprint density at radius 2 is 1.71 bits per heavy atom. The Kier molecular flexibility index (Phi) is 5.87. The van der Waals surface area contributed by atoms with Crippen LogP contribution in [0.15, 0.2) is 66.7 Å². The second kappa shape index (κ2) is 8.74. The number of aromatic nitrogens is 2. The van der Waals surface area contributed by atoms with E-state index in [-0.39, 0.29) is 11.8 Å². The molecule has 0 saturated carbocycles. The molecule has 0 spiro atoms. The van der Waals surface area contributed by atoms with Crippen LogP contribution in [-0.2, 0) is 4.79 Å². The fourth-order valence-corrected chi connectivity index (χ4v) is 3.81. The highest BCUT2D eigenvalue weighted by Crippen LogP contribution is 2.27. The summed E-state index contributed by atoms with van der Waals surface area (Å²) in [5.41, 5.74) is 7.22. The smallest absolute Gasteiger partial charge is 0.228 e. The summed E-state index contributed by atoms with van der Waals surface area (Å²) in [4.78, 5) is 22.6. The zero-order valence-corrected chi connectivity index (χ0v) is 18.4. The van der Waals surface area contributed by atoms with Gasteiger partial charge in [0.1, 0.15) is 5.82 Å². The molecule has 4 aromatic rings. The molecule has 1 heterocycles. The van der Waals surface area contributed by atoms with Gasteiger partial charge in [-0.15, -0.1) is 0 Å². The minimum atomic E-state index is -0.0783. The average Bonchev–Trinajstić information content (AvgIpc) is 3.19. The van der Waals surface area contributed by atoms with Crippen molar-refractivity contribution >= 4 is 22.6 Å². The maximum absolute atomic E-state index is 12.4. The van der Waals surface area contributed by atoms with E-state index < -0.39 is 0 Å². The summed E-state index contributed by atoms with van der Waals surface area (Å²) in [6.45, 7) is 4.73. The van der Waals surface area contributed by atoms with Gasteiger partial charge in [0.15, 0.2) is 0 Å². The number of carbonyl (C=O) groups excluding carboxylic acids is 1. The molecule has 0 aliphatic carbocycles. The number of anilines is 1. The number of benzene rings is 3. The number of nitrogens with zero attached hydrogens (tertiary/aromatic N) is 2. The van der Waals surface area contributed by atoms with E-state index in [4.69, 9.17) is 4.98 Å². The zero-order valence-electron chi connectivity index (χ0n) is 18.4. The van der Waals surface area contributed by atoms with E-state index >= 15 is 0 Å². The number of hydrogen-bond donors (Lipinski definition) is 2. The molecule has 1 unspecified atom stereocenters. The van der Waals surface area contributed by atoms with Gasteiger partial charge in [-0.1, -0.05) is 55.5 Å². The number of aromatic amines is 1. The molecule has 0 aliphatic rings. The lowest BCUT2D eigenvalue weighted by molar-refractivity contribution is -0.119. The van der Waals surface area contributed by atoms with Gasteiger partial charge in [0.25, 0.3) is 0 Å². The molecule has 1 aromatic heterocycles. The second-order valence-corrected chi connectivity index (χ2v) is 8.37. The van der Waals surface area contributed by atoms with Crippen molar-refractivity contribution in [1.82, 2.24) is 14.9 Å². The van der Waals surface area contributed by atoms with E-state index in [1.807, 2.05) is 56.3 Å². The number of H-pyrrole nitrogens is 1. The van der Waals surface area contributed by atoms with E-state index in [1.165, 1.54) is 0 Å². The molecule has 0 bridgehead atoms. The Balaban J connectivity index is 1.53. The molecule has 1 atom stereocenters. The van der Waals surface area contributed by atoms with Crippen LogP contribution in [0.4, 0.5) is 5.69 Å². The Labute approximate surface area is 183 Å². The van der Waals surface area contributed by atoms with Gasteiger partial charge in [0.2, 0.25) is 5.91 Å². The highest BCUT2D eigenvalue weighted by atomic mass is 16.1. The maximum atomic E-state index is 12.4.